The largest absolute Gasteiger partial charge is 0.507 e. The van der Waals surface area contributed by atoms with E-state index < -0.39 is 5.91 Å². The van der Waals surface area contributed by atoms with E-state index in [-0.39, 0.29) is 29.0 Å². The van der Waals surface area contributed by atoms with Gasteiger partial charge < -0.3 is 20.3 Å². The van der Waals surface area contributed by atoms with Gasteiger partial charge in [0.25, 0.3) is 5.91 Å². The van der Waals surface area contributed by atoms with Crippen molar-refractivity contribution in [2.75, 3.05) is 13.2 Å². The predicted molar refractivity (Wildman–Crippen MR) is 72.4 cm³/mol. The number of phenolic OH excluding ortho intramolecular Hbond substituents is 2. The van der Waals surface area contributed by atoms with Crippen molar-refractivity contribution in [3.05, 3.63) is 23.8 Å². The van der Waals surface area contributed by atoms with Crippen molar-refractivity contribution in [3.63, 3.8) is 0 Å². The highest BCUT2D eigenvalue weighted by atomic mass is 16.5. The zero-order chi connectivity index (χ0) is 14.4. The highest BCUT2D eigenvalue weighted by Crippen LogP contribution is 2.26. The van der Waals surface area contributed by atoms with E-state index in [2.05, 4.69) is 5.32 Å². The van der Waals surface area contributed by atoms with Gasteiger partial charge in [0, 0.05) is 6.61 Å². The highest BCUT2D eigenvalue weighted by molar-refractivity contribution is 5.99. The number of ether oxygens (including phenoxy) is 1. The summed E-state index contributed by atoms with van der Waals surface area (Å²) < 4.78 is 5.31. The molecule has 0 spiro atoms. The number of aromatic hydroxyl groups is 2. The molecule has 1 rings (SSSR count). The Balaban J connectivity index is 2.82. The third kappa shape index (κ3) is 4.13. The Bertz CT molecular complexity index is 411. The van der Waals surface area contributed by atoms with Gasteiger partial charge in [-0.15, -0.1) is 0 Å². The van der Waals surface area contributed by atoms with Crippen LogP contribution in [-0.2, 0) is 4.74 Å². The lowest BCUT2D eigenvalue weighted by molar-refractivity contribution is 0.0801. The Hall–Kier alpha value is -1.75. The van der Waals surface area contributed by atoms with Crippen LogP contribution in [0.2, 0.25) is 0 Å². The maximum atomic E-state index is 12.1. The number of benzene rings is 1. The summed E-state index contributed by atoms with van der Waals surface area (Å²) in [5.41, 5.74) is -0.107. The van der Waals surface area contributed by atoms with Gasteiger partial charge >= 0.3 is 0 Å². The van der Waals surface area contributed by atoms with E-state index in [0.29, 0.717) is 13.2 Å². The van der Waals surface area contributed by atoms with E-state index in [9.17, 15) is 15.0 Å². The third-order valence-corrected chi connectivity index (χ3v) is 2.87. The van der Waals surface area contributed by atoms with E-state index in [4.69, 9.17) is 4.74 Å². The number of nitrogens with one attached hydrogen (secondary N) is 1. The maximum Gasteiger partial charge on any atom is 0.259 e. The van der Waals surface area contributed by atoms with Crippen molar-refractivity contribution < 1.29 is 19.7 Å². The Morgan fingerprint density at radius 1 is 1.32 bits per heavy atom. The molecule has 0 heterocycles. The van der Waals surface area contributed by atoms with Crippen LogP contribution in [0.15, 0.2) is 18.2 Å². The van der Waals surface area contributed by atoms with Gasteiger partial charge in [0.05, 0.1) is 12.6 Å². The van der Waals surface area contributed by atoms with Crippen LogP contribution in [0.3, 0.4) is 0 Å². The van der Waals surface area contributed by atoms with Crippen LogP contribution < -0.4 is 5.32 Å². The fourth-order valence-corrected chi connectivity index (χ4v) is 1.65. The lowest BCUT2D eigenvalue weighted by Crippen LogP contribution is -2.41. The molecule has 0 saturated carbocycles. The van der Waals surface area contributed by atoms with Gasteiger partial charge in [-0.2, -0.15) is 0 Å². The van der Waals surface area contributed by atoms with Gasteiger partial charge in [-0.3, -0.25) is 4.79 Å². The van der Waals surface area contributed by atoms with Crippen molar-refractivity contribution >= 4 is 5.91 Å². The second-order valence-corrected chi connectivity index (χ2v) is 4.65. The van der Waals surface area contributed by atoms with Gasteiger partial charge in [0.1, 0.15) is 17.1 Å². The molecule has 0 radical (unpaired) electrons. The molecular weight excluding hydrogens is 246 g/mol. The maximum absolute atomic E-state index is 12.1. The van der Waals surface area contributed by atoms with Gasteiger partial charge in [0.15, 0.2) is 0 Å². The van der Waals surface area contributed by atoms with E-state index in [1.807, 2.05) is 20.8 Å². The third-order valence-electron chi connectivity index (χ3n) is 2.87. The molecule has 106 valence electrons. The number of carbonyl (C=O) groups is 1. The van der Waals surface area contributed by atoms with Crippen molar-refractivity contribution in [3.8, 4) is 11.5 Å². The minimum absolute atomic E-state index is 0.107. The molecule has 0 aromatic heterocycles. The van der Waals surface area contributed by atoms with Crippen molar-refractivity contribution in [2.24, 2.45) is 5.92 Å². The van der Waals surface area contributed by atoms with Crippen molar-refractivity contribution in [1.29, 1.82) is 0 Å². The summed E-state index contributed by atoms with van der Waals surface area (Å²) in [4.78, 5) is 12.1. The number of phenols is 2. The SMILES string of the molecule is CCOCC(NC(=O)c1c(O)cccc1O)C(C)C. The topological polar surface area (TPSA) is 78.8 Å². The number of rotatable bonds is 6. The lowest BCUT2D eigenvalue weighted by atomic mass is 10.0. The number of carbonyl (C=O) groups excluding carboxylic acids is 1. The zero-order valence-corrected chi connectivity index (χ0v) is 11.5. The molecule has 0 bridgehead atoms. The number of hydrogen-bond acceptors (Lipinski definition) is 4. The van der Waals surface area contributed by atoms with Crippen LogP contribution in [0.25, 0.3) is 0 Å². The van der Waals surface area contributed by atoms with Crippen LogP contribution >= 0.6 is 0 Å². The minimum atomic E-state index is -0.506. The molecule has 0 aliphatic carbocycles. The molecule has 0 saturated heterocycles. The summed E-state index contributed by atoms with van der Waals surface area (Å²) in [6, 6.07) is 4.02. The first-order valence-corrected chi connectivity index (χ1v) is 6.36. The Morgan fingerprint density at radius 2 is 1.89 bits per heavy atom. The average molecular weight is 267 g/mol. The molecule has 1 atom stereocenters. The molecule has 19 heavy (non-hydrogen) atoms. The summed E-state index contributed by atoms with van der Waals surface area (Å²) in [5, 5.41) is 22.0. The first-order valence-electron chi connectivity index (χ1n) is 6.36. The average Bonchev–Trinajstić information content (AvgIpc) is 2.33. The second kappa shape index (κ2) is 6.99. The molecule has 3 N–H and O–H groups in total. The molecule has 0 aliphatic heterocycles. The summed E-state index contributed by atoms with van der Waals surface area (Å²) >= 11 is 0. The first kappa shape index (κ1) is 15.3. The quantitative estimate of drug-likeness (QED) is 0.735. The fourth-order valence-electron chi connectivity index (χ4n) is 1.65. The van der Waals surface area contributed by atoms with Gasteiger partial charge in [-0.05, 0) is 25.0 Å². The van der Waals surface area contributed by atoms with Gasteiger partial charge in [0.2, 0.25) is 0 Å². The van der Waals surface area contributed by atoms with Crippen LogP contribution in [0, 0.1) is 5.92 Å². The van der Waals surface area contributed by atoms with E-state index >= 15 is 0 Å². The fraction of sp³-hybridized carbons (Fsp3) is 0.500. The number of hydrogen-bond donors (Lipinski definition) is 3. The standard InChI is InChI=1S/C14H21NO4/c1-4-19-8-10(9(2)3)15-14(18)13-11(16)6-5-7-12(13)17/h5-7,9-10,16-17H,4,8H2,1-3H3,(H,15,18). The minimum Gasteiger partial charge on any atom is -0.507 e. The van der Waals surface area contributed by atoms with Crippen molar-refractivity contribution in [2.45, 2.75) is 26.8 Å². The zero-order valence-electron chi connectivity index (χ0n) is 11.5. The summed E-state index contributed by atoms with van der Waals surface area (Å²) in [6.07, 6.45) is 0. The summed E-state index contributed by atoms with van der Waals surface area (Å²) in [5.74, 6) is -0.801. The number of amides is 1. The van der Waals surface area contributed by atoms with Crippen LogP contribution in [0.1, 0.15) is 31.1 Å². The van der Waals surface area contributed by atoms with E-state index in [1.165, 1.54) is 18.2 Å². The Morgan fingerprint density at radius 3 is 2.37 bits per heavy atom. The lowest BCUT2D eigenvalue weighted by Gasteiger charge is -2.22. The molecule has 1 amide bonds. The molecule has 1 aromatic rings. The summed E-state index contributed by atoms with van der Waals surface area (Å²) in [7, 11) is 0. The summed E-state index contributed by atoms with van der Waals surface area (Å²) in [6.45, 7) is 6.78. The monoisotopic (exact) mass is 267 g/mol. The molecule has 5 heteroatoms. The van der Waals surface area contributed by atoms with Crippen LogP contribution in [0.5, 0.6) is 11.5 Å². The highest BCUT2D eigenvalue weighted by Gasteiger charge is 2.21. The Kier molecular flexibility index (Phi) is 5.63. The van der Waals surface area contributed by atoms with Crippen LogP contribution in [0.4, 0.5) is 0 Å². The van der Waals surface area contributed by atoms with Gasteiger partial charge in [-0.1, -0.05) is 19.9 Å². The molecule has 0 aliphatic rings. The molecule has 1 aromatic carbocycles. The van der Waals surface area contributed by atoms with E-state index in [1.54, 1.807) is 0 Å². The van der Waals surface area contributed by atoms with E-state index in [0.717, 1.165) is 0 Å². The molecular formula is C14H21NO4. The molecule has 0 fully saturated rings. The first-order chi connectivity index (χ1) is 8.97. The Labute approximate surface area is 113 Å². The van der Waals surface area contributed by atoms with Gasteiger partial charge in [-0.25, -0.2) is 0 Å². The predicted octanol–water partition coefficient (Wildman–Crippen LogP) is 1.89. The molecule has 1 unspecified atom stereocenters. The van der Waals surface area contributed by atoms with Crippen molar-refractivity contribution in [1.82, 2.24) is 5.32 Å². The smallest absolute Gasteiger partial charge is 0.259 e. The normalized spacial score (nSPS) is 12.4. The van der Waals surface area contributed by atoms with Crippen LogP contribution in [-0.4, -0.2) is 35.4 Å². The second-order valence-electron chi connectivity index (χ2n) is 4.65. The molecule has 5 nitrogen and oxygen atoms in total.